The number of hydrogen-bond acceptors (Lipinski definition) is 4. The molecule has 1 aliphatic heterocycles. The van der Waals surface area contributed by atoms with Crippen LogP contribution >= 0.6 is 0 Å². The zero-order chi connectivity index (χ0) is 13.6. The van der Waals surface area contributed by atoms with Gasteiger partial charge in [0.05, 0.1) is 18.1 Å². The maximum Gasteiger partial charge on any atom is 0.139 e. The molecule has 2 heterocycles. The second-order valence-corrected chi connectivity index (χ2v) is 5.00. The van der Waals surface area contributed by atoms with Gasteiger partial charge in [-0.3, -0.25) is 4.98 Å². The molecule has 3 rings (SSSR count). The first-order chi connectivity index (χ1) is 9.90. The third-order valence-corrected chi connectivity index (χ3v) is 3.39. The zero-order valence-electron chi connectivity index (χ0n) is 11.4. The van der Waals surface area contributed by atoms with E-state index in [2.05, 4.69) is 15.6 Å². The van der Waals surface area contributed by atoms with Crippen molar-refractivity contribution in [2.45, 2.75) is 18.9 Å². The van der Waals surface area contributed by atoms with E-state index in [0.717, 1.165) is 23.7 Å². The van der Waals surface area contributed by atoms with Crippen LogP contribution in [0.15, 0.2) is 48.8 Å². The smallest absolute Gasteiger partial charge is 0.139 e. The SMILES string of the molecule is c1ccc(Nc2cncc(OC[C@@H]3CCCN3)c2)cc1. The van der Waals surface area contributed by atoms with Crippen molar-refractivity contribution in [1.29, 1.82) is 0 Å². The lowest BCUT2D eigenvalue weighted by Crippen LogP contribution is -2.28. The van der Waals surface area contributed by atoms with E-state index in [1.165, 1.54) is 12.8 Å². The van der Waals surface area contributed by atoms with E-state index in [1.807, 2.05) is 36.4 Å². The molecular formula is C16H19N3O. The Morgan fingerprint density at radius 3 is 2.90 bits per heavy atom. The summed E-state index contributed by atoms with van der Waals surface area (Å²) in [7, 11) is 0. The van der Waals surface area contributed by atoms with Crippen molar-refractivity contribution >= 4 is 11.4 Å². The van der Waals surface area contributed by atoms with Gasteiger partial charge in [-0.1, -0.05) is 18.2 Å². The van der Waals surface area contributed by atoms with Crippen LogP contribution in [0.2, 0.25) is 0 Å². The lowest BCUT2D eigenvalue weighted by atomic mass is 10.2. The highest BCUT2D eigenvalue weighted by atomic mass is 16.5. The number of nitrogens with zero attached hydrogens (tertiary/aromatic N) is 1. The first-order valence-electron chi connectivity index (χ1n) is 7.03. The molecule has 4 nitrogen and oxygen atoms in total. The summed E-state index contributed by atoms with van der Waals surface area (Å²) in [5, 5.41) is 6.73. The van der Waals surface area contributed by atoms with Gasteiger partial charge in [0, 0.05) is 17.8 Å². The second kappa shape index (κ2) is 6.39. The summed E-state index contributed by atoms with van der Waals surface area (Å²) >= 11 is 0. The molecule has 0 aliphatic carbocycles. The fourth-order valence-electron chi connectivity index (χ4n) is 2.35. The van der Waals surface area contributed by atoms with Crippen molar-refractivity contribution in [3.8, 4) is 5.75 Å². The van der Waals surface area contributed by atoms with Crippen LogP contribution in [0.1, 0.15) is 12.8 Å². The number of pyridine rings is 1. The lowest BCUT2D eigenvalue weighted by Gasteiger charge is -2.13. The van der Waals surface area contributed by atoms with Crippen LogP contribution in [-0.4, -0.2) is 24.2 Å². The van der Waals surface area contributed by atoms with Crippen LogP contribution in [0, 0.1) is 0 Å². The number of ether oxygens (including phenoxy) is 1. The average Bonchev–Trinajstić information content (AvgIpc) is 3.00. The Labute approximate surface area is 119 Å². The normalized spacial score (nSPS) is 17.9. The number of aromatic nitrogens is 1. The first-order valence-corrected chi connectivity index (χ1v) is 7.03. The Morgan fingerprint density at radius 2 is 2.10 bits per heavy atom. The molecule has 1 saturated heterocycles. The number of para-hydroxylation sites is 1. The molecule has 2 aromatic rings. The predicted molar refractivity (Wildman–Crippen MR) is 80.5 cm³/mol. The molecule has 0 unspecified atom stereocenters. The predicted octanol–water partition coefficient (Wildman–Crippen LogP) is 2.96. The summed E-state index contributed by atoms with van der Waals surface area (Å²) in [6.45, 7) is 1.80. The number of anilines is 2. The number of hydrogen-bond donors (Lipinski definition) is 2. The van der Waals surface area contributed by atoms with Gasteiger partial charge in [-0.2, -0.15) is 0 Å². The zero-order valence-corrected chi connectivity index (χ0v) is 11.4. The Bertz CT molecular complexity index is 538. The van der Waals surface area contributed by atoms with Crippen molar-refractivity contribution in [3.63, 3.8) is 0 Å². The molecule has 0 amide bonds. The molecule has 0 radical (unpaired) electrons. The van der Waals surface area contributed by atoms with Gasteiger partial charge >= 0.3 is 0 Å². The minimum Gasteiger partial charge on any atom is -0.490 e. The molecule has 20 heavy (non-hydrogen) atoms. The first kappa shape index (κ1) is 12.9. The van der Waals surface area contributed by atoms with Gasteiger partial charge in [0.25, 0.3) is 0 Å². The van der Waals surface area contributed by atoms with Gasteiger partial charge in [-0.05, 0) is 31.5 Å². The summed E-state index contributed by atoms with van der Waals surface area (Å²) in [6.07, 6.45) is 5.98. The van der Waals surface area contributed by atoms with Crippen LogP contribution < -0.4 is 15.4 Å². The Morgan fingerprint density at radius 1 is 1.20 bits per heavy atom. The Kier molecular flexibility index (Phi) is 4.13. The standard InChI is InChI=1S/C16H19N3O/c1-2-5-13(6-3-1)19-15-9-16(11-17-10-15)20-12-14-7-4-8-18-14/h1-3,5-6,9-11,14,18-19H,4,7-8,12H2/t14-/m0/s1. The number of benzene rings is 1. The highest BCUT2D eigenvalue weighted by Crippen LogP contribution is 2.20. The molecule has 1 atom stereocenters. The molecule has 0 saturated carbocycles. The fourth-order valence-corrected chi connectivity index (χ4v) is 2.35. The maximum absolute atomic E-state index is 5.80. The second-order valence-electron chi connectivity index (χ2n) is 5.00. The fraction of sp³-hybridized carbons (Fsp3) is 0.312. The van der Waals surface area contributed by atoms with Gasteiger partial charge in [0.1, 0.15) is 12.4 Å². The van der Waals surface area contributed by atoms with E-state index < -0.39 is 0 Å². The third kappa shape index (κ3) is 3.48. The van der Waals surface area contributed by atoms with Gasteiger partial charge in [0.15, 0.2) is 0 Å². The van der Waals surface area contributed by atoms with Crippen molar-refractivity contribution in [2.24, 2.45) is 0 Å². The maximum atomic E-state index is 5.80. The summed E-state index contributed by atoms with van der Waals surface area (Å²) < 4.78 is 5.80. The van der Waals surface area contributed by atoms with Gasteiger partial charge in [-0.15, -0.1) is 0 Å². The van der Waals surface area contributed by atoms with Crippen LogP contribution in [-0.2, 0) is 0 Å². The highest BCUT2D eigenvalue weighted by molar-refractivity contribution is 5.59. The third-order valence-electron chi connectivity index (χ3n) is 3.39. The van der Waals surface area contributed by atoms with Gasteiger partial charge in [-0.25, -0.2) is 0 Å². The molecule has 1 aromatic heterocycles. The van der Waals surface area contributed by atoms with Crippen LogP contribution in [0.5, 0.6) is 5.75 Å². The topological polar surface area (TPSA) is 46.2 Å². The van der Waals surface area contributed by atoms with Crippen LogP contribution in [0.25, 0.3) is 0 Å². The summed E-state index contributed by atoms with van der Waals surface area (Å²) in [5.74, 6) is 0.805. The molecule has 0 bridgehead atoms. The summed E-state index contributed by atoms with van der Waals surface area (Å²) in [4.78, 5) is 4.22. The van der Waals surface area contributed by atoms with Crippen molar-refractivity contribution in [2.75, 3.05) is 18.5 Å². The van der Waals surface area contributed by atoms with Crippen LogP contribution in [0.4, 0.5) is 11.4 Å². The molecule has 1 fully saturated rings. The van der Waals surface area contributed by atoms with Crippen molar-refractivity contribution in [3.05, 3.63) is 48.8 Å². The molecule has 104 valence electrons. The Hall–Kier alpha value is -2.07. The van der Waals surface area contributed by atoms with E-state index in [0.29, 0.717) is 12.6 Å². The molecule has 4 heteroatoms. The lowest BCUT2D eigenvalue weighted by molar-refractivity contribution is 0.276. The van der Waals surface area contributed by atoms with Crippen molar-refractivity contribution in [1.82, 2.24) is 10.3 Å². The minimum atomic E-state index is 0.473. The summed E-state index contributed by atoms with van der Waals surface area (Å²) in [5.41, 5.74) is 1.98. The van der Waals surface area contributed by atoms with E-state index in [1.54, 1.807) is 12.4 Å². The molecule has 1 aromatic carbocycles. The Balaban J connectivity index is 1.60. The van der Waals surface area contributed by atoms with Crippen LogP contribution in [0.3, 0.4) is 0 Å². The van der Waals surface area contributed by atoms with E-state index in [4.69, 9.17) is 4.74 Å². The minimum absolute atomic E-state index is 0.473. The highest BCUT2D eigenvalue weighted by Gasteiger charge is 2.14. The van der Waals surface area contributed by atoms with Crippen molar-refractivity contribution < 1.29 is 4.74 Å². The number of rotatable bonds is 5. The largest absolute Gasteiger partial charge is 0.490 e. The molecule has 2 N–H and O–H groups in total. The van der Waals surface area contributed by atoms with E-state index in [-0.39, 0.29) is 0 Å². The molecule has 1 aliphatic rings. The monoisotopic (exact) mass is 269 g/mol. The van der Waals surface area contributed by atoms with E-state index in [9.17, 15) is 0 Å². The molecular weight excluding hydrogens is 250 g/mol. The van der Waals surface area contributed by atoms with Gasteiger partial charge in [0.2, 0.25) is 0 Å². The number of nitrogens with one attached hydrogen (secondary N) is 2. The average molecular weight is 269 g/mol. The summed E-state index contributed by atoms with van der Waals surface area (Å²) in [6, 6.07) is 12.5. The van der Waals surface area contributed by atoms with E-state index >= 15 is 0 Å². The molecule has 0 spiro atoms. The quantitative estimate of drug-likeness (QED) is 0.876. The van der Waals surface area contributed by atoms with Gasteiger partial charge < -0.3 is 15.4 Å².